The number of nitrogens with zero attached hydrogens (tertiary/aromatic N) is 4. The van der Waals surface area contributed by atoms with E-state index in [0.717, 1.165) is 69.5 Å². The number of piperazine rings is 1. The van der Waals surface area contributed by atoms with E-state index in [1.165, 1.54) is 5.56 Å². The zero-order valence-electron chi connectivity index (χ0n) is 16.7. The van der Waals surface area contributed by atoms with Gasteiger partial charge in [0.25, 0.3) is 0 Å². The summed E-state index contributed by atoms with van der Waals surface area (Å²) in [6, 6.07) is 7.54. The first kappa shape index (κ1) is 22.3. The molecule has 0 radical (unpaired) electrons. The number of aromatic hydroxyl groups is 1. The minimum atomic E-state index is 0. The number of hydrogen-bond acceptors (Lipinski definition) is 4. The first-order valence-corrected chi connectivity index (χ1v) is 9.74. The number of benzene rings is 1. The molecule has 0 aliphatic carbocycles. The van der Waals surface area contributed by atoms with Gasteiger partial charge in [-0.3, -0.25) is 10.1 Å². The molecule has 1 aromatic heterocycles. The predicted octanol–water partition coefficient (Wildman–Crippen LogP) is 2.76. The number of H-pyrrole nitrogens is 1. The highest BCUT2D eigenvalue weighted by atomic mass is 127. The van der Waals surface area contributed by atoms with E-state index >= 15 is 0 Å². The molecule has 0 atom stereocenters. The van der Waals surface area contributed by atoms with Gasteiger partial charge in [-0.15, -0.1) is 24.0 Å². The lowest BCUT2D eigenvalue weighted by atomic mass is 10.1. The zero-order valence-corrected chi connectivity index (χ0v) is 19.0. The molecule has 0 unspecified atom stereocenters. The fraction of sp³-hybridized carbons (Fsp3) is 0.500. The minimum absolute atomic E-state index is 0. The van der Waals surface area contributed by atoms with E-state index in [2.05, 4.69) is 39.2 Å². The van der Waals surface area contributed by atoms with Crippen LogP contribution in [0, 0.1) is 6.92 Å². The molecule has 1 saturated heterocycles. The van der Waals surface area contributed by atoms with Crippen LogP contribution in [-0.4, -0.2) is 65.4 Å². The van der Waals surface area contributed by atoms with E-state index in [0.29, 0.717) is 5.75 Å². The van der Waals surface area contributed by atoms with Crippen molar-refractivity contribution in [2.75, 3.05) is 44.2 Å². The van der Waals surface area contributed by atoms with Gasteiger partial charge in [-0.1, -0.05) is 12.1 Å². The van der Waals surface area contributed by atoms with Gasteiger partial charge in [-0.2, -0.15) is 5.10 Å². The van der Waals surface area contributed by atoms with Crippen LogP contribution in [0.3, 0.4) is 0 Å². The first-order chi connectivity index (χ1) is 13.2. The molecule has 1 fully saturated rings. The lowest BCUT2D eigenvalue weighted by Crippen LogP contribution is -2.52. The number of aliphatic imine (C=N–C) groups is 1. The number of aromatic amines is 1. The second-order valence-corrected chi connectivity index (χ2v) is 6.82. The molecule has 7 nitrogen and oxygen atoms in total. The van der Waals surface area contributed by atoms with Gasteiger partial charge < -0.3 is 20.2 Å². The van der Waals surface area contributed by atoms with Crippen LogP contribution in [0.25, 0.3) is 0 Å². The number of phenols is 1. The molecule has 0 spiro atoms. The van der Waals surface area contributed by atoms with Crippen molar-refractivity contribution in [3.05, 3.63) is 41.7 Å². The van der Waals surface area contributed by atoms with E-state index in [1.54, 1.807) is 6.07 Å². The summed E-state index contributed by atoms with van der Waals surface area (Å²) in [5.41, 5.74) is 3.33. The average Bonchev–Trinajstić information content (AvgIpc) is 3.10. The molecule has 28 heavy (non-hydrogen) atoms. The van der Waals surface area contributed by atoms with E-state index in [-0.39, 0.29) is 24.0 Å². The highest BCUT2D eigenvalue weighted by molar-refractivity contribution is 14.0. The summed E-state index contributed by atoms with van der Waals surface area (Å²) in [6.07, 6.45) is 3.90. The molecule has 2 aromatic rings. The molecule has 2 heterocycles. The van der Waals surface area contributed by atoms with E-state index in [1.807, 2.05) is 24.4 Å². The number of hydrogen-bond donors (Lipinski definition) is 3. The van der Waals surface area contributed by atoms with Crippen LogP contribution in [0.2, 0.25) is 0 Å². The number of aryl methyl sites for hydroxylation is 2. The topological polar surface area (TPSA) is 79.8 Å². The van der Waals surface area contributed by atoms with Gasteiger partial charge in [0, 0.05) is 45.0 Å². The quantitative estimate of drug-likeness (QED) is 0.247. The molecular formula is C20H31IN6O. The molecule has 3 N–H and O–H groups in total. The molecule has 0 amide bonds. The number of halogens is 1. The molecule has 1 aromatic carbocycles. The number of anilines is 1. The monoisotopic (exact) mass is 498 g/mol. The largest absolute Gasteiger partial charge is 0.506 e. The highest BCUT2D eigenvalue weighted by Gasteiger charge is 2.21. The fourth-order valence-electron chi connectivity index (χ4n) is 3.40. The van der Waals surface area contributed by atoms with Gasteiger partial charge in [0.2, 0.25) is 0 Å². The van der Waals surface area contributed by atoms with Crippen molar-refractivity contribution in [3.8, 4) is 5.75 Å². The second kappa shape index (κ2) is 11.1. The van der Waals surface area contributed by atoms with Crippen LogP contribution < -0.4 is 10.2 Å². The molecule has 3 rings (SSSR count). The third-order valence-corrected chi connectivity index (χ3v) is 4.94. The Kier molecular flexibility index (Phi) is 8.88. The summed E-state index contributed by atoms with van der Waals surface area (Å²) in [5.74, 6) is 1.33. The molecule has 1 aliphatic rings. The molecule has 8 heteroatoms. The van der Waals surface area contributed by atoms with Gasteiger partial charge in [0.05, 0.1) is 11.9 Å². The lowest BCUT2D eigenvalue weighted by molar-refractivity contribution is 0.370. The van der Waals surface area contributed by atoms with E-state index < -0.39 is 0 Å². The zero-order chi connectivity index (χ0) is 19.1. The summed E-state index contributed by atoms with van der Waals surface area (Å²) < 4.78 is 0. The number of nitrogens with one attached hydrogen (secondary N) is 2. The maximum atomic E-state index is 10.1. The van der Waals surface area contributed by atoms with Gasteiger partial charge in [-0.05, 0) is 44.4 Å². The smallest absolute Gasteiger partial charge is 0.194 e. The Morgan fingerprint density at radius 3 is 2.64 bits per heavy atom. The predicted molar refractivity (Wildman–Crippen MR) is 125 cm³/mol. The normalized spacial score (nSPS) is 14.7. The van der Waals surface area contributed by atoms with Crippen molar-refractivity contribution in [3.63, 3.8) is 0 Å². The summed E-state index contributed by atoms with van der Waals surface area (Å²) in [7, 11) is 0. The first-order valence-electron chi connectivity index (χ1n) is 9.74. The van der Waals surface area contributed by atoms with Gasteiger partial charge >= 0.3 is 0 Å². The Morgan fingerprint density at radius 1 is 1.25 bits per heavy atom. The van der Waals surface area contributed by atoms with Gasteiger partial charge in [0.1, 0.15) is 5.75 Å². The second-order valence-electron chi connectivity index (χ2n) is 6.82. The van der Waals surface area contributed by atoms with Crippen molar-refractivity contribution in [1.82, 2.24) is 20.4 Å². The van der Waals surface area contributed by atoms with Crippen LogP contribution in [0.5, 0.6) is 5.75 Å². The third-order valence-electron chi connectivity index (χ3n) is 4.94. The van der Waals surface area contributed by atoms with Crippen molar-refractivity contribution in [2.24, 2.45) is 4.99 Å². The van der Waals surface area contributed by atoms with Crippen molar-refractivity contribution >= 4 is 35.6 Å². The average molecular weight is 498 g/mol. The van der Waals surface area contributed by atoms with Crippen LogP contribution in [-0.2, 0) is 6.42 Å². The molecule has 0 saturated carbocycles. The highest BCUT2D eigenvalue weighted by Crippen LogP contribution is 2.27. The maximum Gasteiger partial charge on any atom is 0.194 e. The van der Waals surface area contributed by atoms with Crippen LogP contribution in [0.15, 0.2) is 35.5 Å². The van der Waals surface area contributed by atoms with Gasteiger partial charge in [-0.25, -0.2) is 0 Å². The Hall–Kier alpha value is -1.97. The molecule has 154 valence electrons. The minimum Gasteiger partial charge on any atom is -0.506 e. The summed E-state index contributed by atoms with van der Waals surface area (Å²) in [4.78, 5) is 9.36. The number of aromatic nitrogens is 2. The summed E-state index contributed by atoms with van der Waals surface area (Å²) >= 11 is 0. The Bertz CT molecular complexity index is 755. The van der Waals surface area contributed by atoms with Crippen molar-refractivity contribution < 1.29 is 5.11 Å². The van der Waals surface area contributed by atoms with Crippen LogP contribution >= 0.6 is 24.0 Å². The Balaban J connectivity index is 0.00000280. The number of rotatable bonds is 6. The van der Waals surface area contributed by atoms with Crippen LogP contribution in [0.1, 0.15) is 24.6 Å². The maximum absolute atomic E-state index is 10.1. The summed E-state index contributed by atoms with van der Waals surface area (Å²) in [6.45, 7) is 9.34. The summed E-state index contributed by atoms with van der Waals surface area (Å²) in [5, 5.41) is 20.5. The third kappa shape index (κ3) is 5.76. The number of guanidine groups is 1. The molecule has 1 aliphatic heterocycles. The van der Waals surface area contributed by atoms with E-state index in [9.17, 15) is 5.11 Å². The van der Waals surface area contributed by atoms with E-state index in [4.69, 9.17) is 4.99 Å². The fourth-order valence-corrected chi connectivity index (χ4v) is 3.40. The Labute approximate surface area is 184 Å². The number of para-hydroxylation sites is 2. The van der Waals surface area contributed by atoms with Gasteiger partial charge in [0.15, 0.2) is 5.96 Å². The van der Waals surface area contributed by atoms with Crippen molar-refractivity contribution in [2.45, 2.75) is 26.7 Å². The SMILES string of the molecule is CCNC(=NCCCc1cn[nH]c1C)N1CCN(c2ccccc2O)CC1.I. The van der Waals surface area contributed by atoms with Crippen molar-refractivity contribution in [1.29, 1.82) is 0 Å². The standard InChI is InChI=1S/C20H30N6O.HI/c1-3-21-20(22-10-6-7-17-15-23-24-16(17)2)26-13-11-25(12-14-26)18-8-4-5-9-19(18)27;/h4-5,8-9,15,27H,3,6-7,10-14H2,1-2H3,(H,21,22)(H,23,24);1H. The lowest BCUT2D eigenvalue weighted by Gasteiger charge is -2.37. The molecule has 0 bridgehead atoms. The number of phenolic OH excluding ortho intramolecular Hbond substituents is 1. The Morgan fingerprint density at radius 2 is 2.00 bits per heavy atom. The van der Waals surface area contributed by atoms with Crippen LogP contribution in [0.4, 0.5) is 5.69 Å². The molecular weight excluding hydrogens is 467 g/mol.